The van der Waals surface area contributed by atoms with Crippen LogP contribution >= 0.6 is 0 Å². The Morgan fingerprint density at radius 2 is 0.778 bits per heavy atom. The normalized spacial score (nSPS) is 13.1. The van der Waals surface area contributed by atoms with Crippen LogP contribution in [-0.2, 0) is 53.2 Å². The standard InChI is InChI=1S/C28H60O12Si5/c1-25(2)27(29)35-21-17-15-19-23-44(31-5,32-6)39-42(11,12)37-41(9,10)38-43(13,14)40-45(33-7,34-8)24-20-16-18-22-36-28(30)26(3)4/h1,3,15-24H2,2,4-14H3. The molecule has 0 spiro atoms. The number of hydrogen-bond donors (Lipinski definition) is 0. The monoisotopic (exact) mass is 728 g/mol. The van der Waals surface area contributed by atoms with E-state index < -0.39 is 43.3 Å². The fourth-order valence-corrected chi connectivity index (χ4v) is 26.4. The van der Waals surface area contributed by atoms with Crippen LogP contribution in [0.3, 0.4) is 0 Å². The van der Waals surface area contributed by atoms with Gasteiger partial charge in [0.05, 0.1) is 13.2 Å². The summed E-state index contributed by atoms with van der Waals surface area (Å²) in [6.45, 7) is 22.9. The summed E-state index contributed by atoms with van der Waals surface area (Å²) >= 11 is 0. The van der Waals surface area contributed by atoms with Crippen molar-refractivity contribution in [1.29, 1.82) is 0 Å². The van der Waals surface area contributed by atoms with Gasteiger partial charge in [-0.1, -0.05) is 26.0 Å². The molecule has 0 heterocycles. The summed E-state index contributed by atoms with van der Waals surface area (Å²) in [5.74, 6) is -0.751. The van der Waals surface area contributed by atoms with Crippen molar-refractivity contribution in [3.05, 3.63) is 24.3 Å². The summed E-state index contributed by atoms with van der Waals surface area (Å²) in [6.07, 6.45) is 4.67. The number of carbonyl (C=O) groups is 2. The molecular formula is C28H60O12Si5. The highest BCUT2D eigenvalue weighted by Crippen LogP contribution is 2.30. The lowest BCUT2D eigenvalue weighted by Gasteiger charge is -2.42. The number of esters is 2. The van der Waals surface area contributed by atoms with Crippen LogP contribution in [0.4, 0.5) is 0 Å². The van der Waals surface area contributed by atoms with Gasteiger partial charge in [-0.3, -0.25) is 0 Å². The maximum atomic E-state index is 11.6. The van der Waals surface area contributed by atoms with Crippen LogP contribution in [0.2, 0.25) is 51.4 Å². The molecule has 12 nitrogen and oxygen atoms in total. The first-order chi connectivity index (χ1) is 20.7. The Morgan fingerprint density at radius 3 is 1.04 bits per heavy atom. The van der Waals surface area contributed by atoms with Gasteiger partial charge in [0, 0.05) is 51.7 Å². The Labute approximate surface area is 277 Å². The highest BCUT2D eigenvalue weighted by atomic mass is 28.5. The van der Waals surface area contributed by atoms with Gasteiger partial charge < -0.3 is 43.6 Å². The van der Waals surface area contributed by atoms with Crippen molar-refractivity contribution in [2.24, 2.45) is 0 Å². The van der Waals surface area contributed by atoms with Crippen LogP contribution in [0.15, 0.2) is 24.3 Å². The molecule has 0 aliphatic heterocycles. The van der Waals surface area contributed by atoms with Crippen LogP contribution in [0.5, 0.6) is 0 Å². The van der Waals surface area contributed by atoms with E-state index in [1.54, 1.807) is 42.3 Å². The summed E-state index contributed by atoms with van der Waals surface area (Å²) in [5, 5.41) is 0. The Morgan fingerprint density at radius 1 is 0.489 bits per heavy atom. The smallest absolute Gasteiger partial charge is 0.462 e. The van der Waals surface area contributed by atoms with Gasteiger partial charge in [-0.25, -0.2) is 9.59 Å². The lowest BCUT2D eigenvalue weighted by Crippen LogP contribution is -2.61. The van der Waals surface area contributed by atoms with E-state index in [2.05, 4.69) is 13.2 Å². The minimum atomic E-state index is -3.03. The number of hydrogen-bond acceptors (Lipinski definition) is 12. The van der Waals surface area contributed by atoms with Crippen LogP contribution in [0, 0.1) is 0 Å². The van der Waals surface area contributed by atoms with Crippen molar-refractivity contribution in [3.63, 3.8) is 0 Å². The van der Waals surface area contributed by atoms with Crippen LogP contribution in [0.1, 0.15) is 52.4 Å². The molecule has 0 radical (unpaired) electrons. The van der Waals surface area contributed by atoms with Crippen LogP contribution in [-0.4, -0.2) is 96.9 Å². The Hall–Kier alpha value is -0.816. The Balaban J connectivity index is 5.15. The molecule has 0 N–H and O–H groups in total. The van der Waals surface area contributed by atoms with E-state index in [-0.39, 0.29) is 11.9 Å². The van der Waals surface area contributed by atoms with Crippen LogP contribution in [0.25, 0.3) is 0 Å². The first-order valence-corrected chi connectivity index (χ1v) is 27.7. The predicted molar refractivity (Wildman–Crippen MR) is 185 cm³/mol. The van der Waals surface area contributed by atoms with E-state index in [9.17, 15) is 9.59 Å². The van der Waals surface area contributed by atoms with Crippen molar-refractivity contribution in [2.45, 2.75) is 104 Å². The molecule has 0 aromatic rings. The zero-order valence-corrected chi connectivity index (χ0v) is 34.9. The van der Waals surface area contributed by atoms with Gasteiger partial charge in [0.1, 0.15) is 0 Å². The van der Waals surface area contributed by atoms with Gasteiger partial charge in [0.25, 0.3) is 0 Å². The molecule has 45 heavy (non-hydrogen) atoms. The van der Waals surface area contributed by atoms with Gasteiger partial charge in [0.15, 0.2) is 0 Å². The van der Waals surface area contributed by atoms with E-state index in [0.717, 1.165) is 38.5 Å². The summed E-state index contributed by atoms with van der Waals surface area (Å²) in [4.78, 5) is 23.1. The van der Waals surface area contributed by atoms with Crippen molar-refractivity contribution in [1.82, 2.24) is 0 Å². The van der Waals surface area contributed by atoms with E-state index in [1.807, 2.05) is 39.3 Å². The summed E-state index contributed by atoms with van der Waals surface area (Å²) in [6, 6.07) is 1.21. The fraction of sp³-hybridized carbons (Fsp3) is 0.786. The molecule has 0 amide bonds. The molecule has 0 saturated carbocycles. The highest BCUT2D eigenvalue weighted by Gasteiger charge is 2.51. The molecule has 264 valence electrons. The second kappa shape index (κ2) is 20.5. The molecule has 0 aliphatic rings. The largest absolute Gasteiger partial charge is 0.491 e. The van der Waals surface area contributed by atoms with Crippen molar-refractivity contribution in [2.75, 3.05) is 41.7 Å². The Bertz CT molecular complexity index is 865. The number of rotatable bonds is 26. The maximum Gasteiger partial charge on any atom is 0.491 e. The van der Waals surface area contributed by atoms with Gasteiger partial charge >= 0.3 is 55.2 Å². The molecule has 0 rings (SSSR count). The molecule has 0 saturated heterocycles. The zero-order valence-electron chi connectivity index (χ0n) is 29.9. The molecule has 0 aromatic carbocycles. The van der Waals surface area contributed by atoms with Gasteiger partial charge in [-0.05, 0) is 78.8 Å². The van der Waals surface area contributed by atoms with Gasteiger partial charge in [0.2, 0.25) is 0 Å². The number of carbonyl (C=O) groups excluding carboxylic acids is 2. The third kappa shape index (κ3) is 18.3. The fourth-order valence-electron chi connectivity index (χ4n) is 4.66. The van der Waals surface area contributed by atoms with Gasteiger partial charge in [-0.15, -0.1) is 0 Å². The topological polar surface area (TPSA) is 126 Å². The number of unbranched alkanes of at least 4 members (excludes halogenated alkanes) is 4. The van der Waals surface area contributed by atoms with Crippen molar-refractivity contribution < 1.29 is 53.2 Å². The minimum absolute atomic E-state index is 0.340. The van der Waals surface area contributed by atoms with E-state index >= 15 is 0 Å². The predicted octanol–water partition coefficient (Wildman–Crippen LogP) is 6.20. The molecule has 17 heteroatoms. The molecular weight excluding hydrogens is 669 g/mol. The SMILES string of the molecule is C=C(C)C(=O)OCCCCC[Si](OC)(OC)O[Si](C)(C)O[Si](C)(C)O[Si](C)(C)O[Si](CCCCCOC(=O)C(=C)C)(OC)OC. The second-order valence-electron chi connectivity index (χ2n) is 12.2. The molecule has 0 unspecified atom stereocenters. The maximum absolute atomic E-state index is 11.6. The molecule has 0 fully saturated rings. The average Bonchev–Trinajstić information content (AvgIpc) is 2.93. The minimum Gasteiger partial charge on any atom is -0.462 e. The lowest BCUT2D eigenvalue weighted by atomic mass is 10.3. The third-order valence-corrected chi connectivity index (χ3v) is 25.2. The highest BCUT2D eigenvalue weighted by molar-refractivity contribution is 6.88. The zero-order chi connectivity index (χ0) is 35.0. The van der Waals surface area contributed by atoms with E-state index in [1.165, 1.54) is 0 Å². The van der Waals surface area contributed by atoms with Crippen LogP contribution < -0.4 is 0 Å². The summed E-state index contributed by atoms with van der Waals surface area (Å²) < 4.78 is 60.2. The summed E-state index contributed by atoms with van der Waals surface area (Å²) in [5.41, 5.74) is 0.778. The summed E-state index contributed by atoms with van der Waals surface area (Å²) in [7, 11) is -8.02. The quantitative estimate of drug-likeness (QED) is 0.0436. The molecule has 0 bridgehead atoms. The third-order valence-electron chi connectivity index (χ3n) is 6.45. The second-order valence-corrected chi connectivity index (χ2v) is 29.3. The lowest BCUT2D eigenvalue weighted by molar-refractivity contribution is -0.139. The number of ether oxygens (including phenoxy) is 2. The first kappa shape index (κ1) is 44.2. The first-order valence-electron chi connectivity index (χ1n) is 15.4. The van der Waals surface area contributed by atoms with E-state index in [4.69, 9.17) is 43.6 Å². The molecule has 0 aromatic heterocycles. The van der Waals surface area contributed by atoms with Crippen molar-refractivity contribution >= 4 is 55.2 Å². The molecule has 0 aliphatic carbocycles. The van der Waals surface area contributed by atoms with Gasteiger partial charge in [-0.2, -0.15) is 0 Å². The Kier molecular flexibility index (Phi) is 20.2. The van der Waals surface area contributed by atoms with E-state index in [0.29, 0.717) is 36.4 Å². The molecule has 0 atom stereocenters. The van der Waals surface area contributed by atoms with Crippen molar-refractivity contribution in [3.8, 4) is 0 Å². The average molecular weight is 729 g/mol.